The highest BCUT2D eigenvalue weighted by Crippen LogP contribution is 2.27. The maximum atomic E-state index is 9.04. The van der Waals surface area contributed by atoms with E-state index in [1.165, 1.54) is 0 Å². The maximum absolute atomic E-state index is 9.04. The first kappa shape index (κ1) is 15.6. The van der Waals surface area contributed by atoms with E-state index in [4.69, 9.17) is 33.4 Å². The highest BCUT2D eigenvalue weighted by Gasteiger charge is 2.22. The molecular weight excluding hydrogens is 299 g/mol. The van der Waals surface area contributed by atoms with E-state index in [9.17, 15) is 0 Å². The molecule has 2 rings (SSSR count). The van der Waals surface area contributed by atoms with Crippen molar-refractivity contribution in [1.29, 1.82) is 0 Å². The van der Waals surface area contributed by atoms with Crippen LogP contribution in [0.15, 0.2) is 12.1 Å². The molecule has 0 aliphatic rings. The SMILES string of the molecule is Cc1n(CCCO)c2cc(Cl)c(Cl)cc2[n+]1CCCO. The zero-order valence-electron chi connectivity index (χ0n) is 11.4. The number of hydrogen-bond donors (Lipinski definition) is 2. The molecule has 1 heterocycles. The number of nitrogens with zero attached hydrogens (tertiary/aromatic N) is 2. The number of aromatic nitrogens is 2. The van der Waals surface area contributed by atoms with Gasteiger partial charge in [0.05, 0.1) is 23.1 Å². The average molecular weight is 318 g/mol. The fourth-order valence-corrected chi connectivity index (χ4v) is 2.79. The lowest BCUT2D eigenvalue weighted by atomic mass is 10.3. The van der Waals surface area contributed by atoms with Gasteiger partial charge < -0.3 is 10.2 Å². The summed E-state index contributed by atoms with van der Waals surface area (Å²) in [6, 6.07) is 3.72. The number of halogens is 2. The lowest BCUT2D eigenvalue weighted by Gasteiger charge is -2.00. The topological polar surface area (TPSA) is 49.3 Å². The molecule has 0 unspecified atom stereocenters. The third-order valence-electron chi connectivity index (χ3n) is 3.46. The molecule has 1 aromatic carbocycles. The number of rotatable bonds is 6. The fourth-order valence-electron chi connectivity index (χ4n) is 2.47. The van der Waals surface area contributed by atoms with Crippen LogP contribution >= 0.6 is 23.2 Å². The molecule has 0 bridgehead atoms. The summed E-state index contributed by atoms with van der Waals surface area (Å²) in [5.41, 5.74) is 2.01. The molecule has 0 aliphatic heterocycles. The summed E-state index contributed by atoms with van der Waals surface area (Å²) in [5.74, 6) is 1.07. The molecule has 0 atom stereocenters. The van der Waals surface area contributed by atoms with Crippen molar-refractivity contribution in [2.24, 2.45) is 0 Å². The Morgan fingerprint density at radius 2 is 1.75 bits per heavy atom. The van der Waals surface area contributed by atoms with Crippen LogP contribution in [0.1, 0.15) is 18.7 Å². The van der Waals surface area contributed by atoms with E-state index in [2.05, 4.69) is 9.13 Å². The summed E-state index contributed by atoms with van der Waals surface area (Å²) in [7, 11) is 0. The lowest BCUT2D eigenvalue weighted by molar-refractivity contribution is -0.679. The lowest BCUT2D eigenvalue weighted by Crippen LogP contribution is -2.37. The van der Waals surface area contributed by atoms with E-state index >= 15 is 0 Å². The molecule has 0 saturated heterocycles. The van der Waals surface area contributed by atoms with Gasteiger partial charge in [-0.15, -0.1) is 0 Å². The van der Waals surface area contributed by atoms with Crippen molar-refractivity contribution in [1.82, 2.24) is 4.57 Å². The van der Waals surface area contributed by atoms with Crippen LogP contribution in [-0.4, -0.2) is 28.0 Å². The summed E-state index contributed by atoms with van der Waals surface area (Å²) in [5, 5.41) is 19.1. The second kappa shape index (κ2) is 6.76. The molecule has 0 radical (unpaired) electrons. The van der Waals surface area contributed by atoms with Gasteiger partial charge in [-0.25, -0.2) is 9.13 Å². The van der Waals surface area contributed by atoms with E-state index < -0.39 is 0 Å². The molecule has 0 fully saturated rings. The molecule has 0 amide bonds. The standard InChI is InChI=1S/C14H19Cl2N2O2/c1-10-17(4-2-6-19)13-8-11(15)12(16)9-14(13)18(10)5-3-7-20/h8-9,19-20H,2-7H2,1H3/q+1. The Kier molecular flexibility index (Phi) is 5.27. The van der Waals surface area contributed by atoms with Crippen LogP contribution in [0.3, 0.4) is 0 Å². The molecule has 1 aromatic heterocycles. The molecule has 20 heavy (non-hydrogen) atoms. The van der Waals surface area contributed by atoms with Crippen LogP contribution in [0.4, 0.5) is 0 Å². The van der Waals surface area contributed by atoms with Crippen LogP contribution in [0.2, 0.25) is 10.0 Å². The summed E-state index contributed by atoms with van der Waals surface area (Å²) >= 11 is 12.2. The predicted octanol–water partition coefficient (Wildman–Crippen LogP) is 2.31. The van der Waals surface area contributed by atoms with Gasteiger partial charge in [0.25, 0.3) is 5.82 Å². The van der Waals surface area contributed by atoms with Gasteiger partial charge in [0.1, 0.15) is 0 Å². The normalized spacial score (nSPS) is 11.4. The van der Waals surface area contributed by atoms with Crippen molar-refractivity contribution >= 4 is 34.2 Å². The first-order chi connectivity index (χ1) is 9.60. The summed E-state index contributed by atoms with van der Waals surface area (Å²) < 4.78 is 4.26. The van der Waals surface area contributed by atoms with Gasteiger partial charge in [0.15, 0.2) is 11.0 Å². The van der Waals surface area contributed by atoms with Crippen LogP contribution in [0, 0.1) is 6.92 Å². The molecule has 6 heteroatoms. The molecule has 4 nitrogen and oxygen atoms in total. The van der Waals surface area contributed by atoms with Crippen LogP contribution in [-0.2, 0) is 13.1 Å². The van der Waals surface area contributed by atoms with E-state index in [1.807, 2.05) is 19.1 Å². The smallest absolute Gasteiger partial charge is 0.254 e. The van der Waals surface area contributed by atoms with E-state index in [-0.39, 0.29) is 13.2 Å². The highest BCUT2D eigenvalue weighted by molar-refractivity contribution is 6.42. The third-order valence-corrected chi connectivity index (χ3v) is 4.18. The average Bonchev–Trinajstić information content (AvgIpc) is 2.67. The second-order valence-corrected chi connectivity index (χ2v) is 5.57. The number of hydrogen-bond acceptors (Lipinski definition) is 2. The zero-order chi connectivity index (χ0) is 14.7. The number of imidazole rings is 1. The molecule has 2 N–H and O–H groups in total. The van der Waals surface area contributed by atoms with E-state index in [0.717, 1.165) is 29.9 Å². The van der Waals surface area contributed by atoms with Crippen LogP contribution < -0.4 is 4.57 Å². The van der Waals surface area contributed by atoms with Crippen molar-refractivity contribution < 1.29 is 14.8 Å². The second-order valence-electron chi connectivity index (χ2n) is 4.76. The number of aryl methyl sites for hydroxylation is 2. The Morgan fingerprint density at radius 3 is 2.40 bits per heavy atom. The van der Waals surface area contributed by atoms with E-state index in [0.29, 0.717) is 22.9 Å². The van der Waals surface area contributed by atoms with Crippen LogP contribution in [0.25, 0.3) is 11.0 Å². The van der Waals surface area contributed by atoms with Gasteiger partial charge in [-0.3, -0.25) is 0 Å². The van der Waals surface area contributed by atoms with Gasteiger partial charge in [-0.05, 0) is 0 Å². The first-order valence-corrected chi connectivity index (χ1v) is 7.45. The Hall–Kier alpha value is -0.810. The van der Waals surface area contributed by atoms with Crippen molar-refractivity contribution in [3.63, 3.8) is 0 Å². The van der Waals surface area contributed by atoms with Gasteiger partial charge in [0, 0.05) is 45.1 Å². The molecule has 0 saturated carbocycles. The number of aliphatic hydroxyl groups excluding tert-OH is 2. The Bertz CT molecular complexity index is 560. The third kappa shape index (κ3) is 2.93. The number of aliphatic hydroxyl groups is 2. The fraction of sp³-hybridized carbons (Fsp3) is 0.500. The quantitative estimate of drug-likeness (QED) is 0.803. The Labute approximate surface area is 128 Å². The predicted molar refractivity (Wildman–Crippen MR) is 80.3 cm³/mol. The summed E-state index contributed by atoms with van der Waals surface area (Å²) in [4.78, 5) is 0. The number of benzene rings is 1. The minimum atomic E-state index is 0.150. The monoisotopic (exact) mass is 317 g/mol. The molecule has 2 aromatic rings. The zero-order valence-corrected chi connectivity index (χ0v) is 13.0. The Morgan fingerprint density at radius 1 is 1.10 bits per heavy atom. The number of fused-ring (bicyclic) bond motifs is 1. The van der Waals surface area contributed by atoms with Gasteiger partial charge in [-0.1, -0.05) is 23.2 Å². The maximum Gasteiger partial charge on any atom is 0.254 e. The van der Waals surface area contributed by atoms with E-state index in [1.54, 1.807) is 0 Å². The molecule has 110 valence electrons. The largest absolute Gasteiger partial charge is 0.396 e. The molecule has 0 aliphatic carbocycles. The molecular formula is C14H19Cl2N2O2+. The van der Waals surface area contributed by atoms with Gasteiger partial charge in [-0.2, -0.15) is 0 Å². The van der Waals surface area contributed by atoms with Crippen molar-refractivity contribution in [2.45, 2.75) is 32.9 Å². The highest BCUT2D eigenvalue weighted by atomic mass is 35.5. The molecule has 0 spiro atoms. The minimum absolute atomic E-state index is 0.150. The van der Waals surface area contributed by atoms with Crippen molar-refractivity contribution in [3.8, 4) is 0 Å². The van der Waals surface area contributed by atoms with Gasteiger partial charge >= 0.3 is 0 Å². The first-order valence-electron chi connectivity index (χ1n) is 6.69. The Balaban J connectivity index is 2.58. The van der Waals surface area contributed by atoms with Crippen LogP contribution in [0.5, 0.6) is 0 Å². The minimum Gasteiger partial charge on any atom is -0.396 e. The summed E-state index contributed by atoms with van der Waals surface area (Å²) in [6.07, 6.45) is 1.37. The summed E-state index contributed by atoms with van der Waals surface area (Å²) in [6.45, 7) is 3.77. The van der Waals surface area contributed by atoms with Crippen molar-refractivity contribution in [2.75, 3.05) is 13.2 Å². The van der Waals surface area contributed by atoms with Gasteiger partial charge in [0.2, 0.25) is 0 Å². The van der Waals surface area contributed by atoms with Crippen molar-refractivity contribution in [3.05, 3.63) is 28.0 Å².